The average molecular weight is 530 g/mol. The SMILES string of the molecule is CC(=O)NC(Cc1cc(F)cc(F)c1)C(O)CNC(c1cccc(C(C)(C)C)c1)C1CCN(C(C)=O)CC1. The number of carbonyl (C=O) groups excluding carboxylic acids is 2. The summed E-state index contributed by atoms with van der Waals surface area (Å²) in [5.74, 6) is -1.43. The molecule has 8 heteroatoms. The van der Waals surface area contributed by atoms with Gasteiger partial charge in [-0.15, -0.1) is 0 Å². The number of halogens is 2. The molecule has 0 aliphatic carbocycles. The van der Waals surface area contributed by atoms with E-state index in [1.807, 2.05) is 11.0 Å². The maximum absolute atomic E-state index is 13.8. The molecule has 3 rings (SSSR count). The number of benzene rings is 2. The Kier molecular flexibility index (Phi) is 10.0. The van der Waals surface area contributed by atoms with Crippen molar-refractivity contribution in [1.82, 2.24) is 15.5 Å². The lowest BCUT2D eigenvalue weighted by molar-refractivity contribution is -0.130. The first kappa shape index (κ1) is 29.7. The molecule has 38 heavy (non-hydrogen) atoms. The Morgan fingerprint density at radius 3 is 2.24 bits per heavy atom. The molecule has 2 aromatic rings. The fraction of sp³-hybridized carbons (Fsp3) is 0.533. The van der Waals surface area contributed by atoms with Crippen LogP contribution in [0.4, 0.5) is 8.78 Å². The number of likely N-dealkylation sites (tertiary alicyclic amines) is 1. The normalized spacial score (nSPS) is 17.1. The summed E-state index contributed by atoms with van der Waals surface area (Å²) in [5, 5.41) is 17.4. The third-order valence-electron chi connectivity index (χ3n) is 7.35. The Morgan fingerprint density at radius 1 is 1.05 bits per heavy atom. The molecule has 3 atom stereocenters. The van der Waals surface area contributed by atoms with E-state index in [4.69, 9.17) is 0 Å². The van der Waals surface area contributed by atoms with Crippen molar-refractivity contribution in [2.75, 3.05) is 19.6 Å². The summed E-state index contributed by atoms with van der Waals surface area (Å²) in [6.07, 6.45) is 0.726. The number of piperidine rings is 1. The molecule has 1 saturated heterocycles. The number of nitrogens with zero attached hydrogens (tertiary/aromatic N) is 1. The number of aliphatic hydroxyl groups is 1. The van der Waals surface area contributed by atoms with Crippen molar-refractivity contribution < 1.29 is 23.5 Å². The lowest BCUT2D eigenvalue weighted by Crippen LogP contribution is -2.49. The van der Waals surface area contributed by atoms with Gasteiger partial charge in [-0.2, -0.15) is 0 Å². The maximum Gasteiger partial charge on any atom is 0.219 e. The first-order chi connectivity index (χ1) is 17.8. The van der Waals surface area contributed by atoms with Gasteiger partial charge in [0.05, 0.1) is 12.1 Å². The minimum atomic E-state index is -1.00. The van der Waals surface area contributed by atoms with Gasteiger partial charge in [0.15, 0.2) is 0 Å². The molecule has 0 saturated carbocycles. The highest BCUT2D eigenvalue weighted by atomic mass is 19.1. The van der Waals surface area contributed by atoms with Crippen LogP contribution in [0, 0.1) is 17.6 Å². The zero-order valence-electron chi connectivity index (χ0n) is 23.1. The first-order valence-electron chi connectivity index (χ1n) is 13.3. The van der Waals surface area contributed by atoms with Crippen LogP contribution in [-0.2, 0) is 21.4 Å². The van der Waals surface area contributed by atoms with Crippen LogP contribution in [0.15, 0.2) is 42.5 Å². The van der Waals surface area contributed by atoms with Crippen LogP contribution in [0.3, 0.4) is 0 Å². The lowest BCUT2D eigenvalue weighted by Gasteiger charge is -2.37. The summed E-state index contributed by atoms with van der Waals surface area (Å²) in [7, 11) is 0. The van der Waals surface area contributed by atoms with Gasteiger partial charge >= 0.3 is 0 Å². The maximum atomic E-state index is 13.8. The van der Waals surface area contributed by atoms with E-state index in [0.29, 0.717) is 18.7 Å². The molecule has 3 N–H and O–H groups in total. The van der Waals surface area contributed by atoms with Crippen molar-refractivity contribution >= 4 is 11.8 Å². The van der Waals surface area contributed by atoms with Crippen molar-refractivity contribution in [3.8, 4) is 0 Å². The number of hydrogen-bond acceptors (Lipinski definition) is 4. The Labute approximate surface area is 224 Å². The number of rotatable bonds is 9. The van der Waals surface area contributed by atoms with Gasteiger partial charge in [-0.05, 0) is 59.4 Å². The van der Waals surface area contributed by atoms with Gasteiger partial charge in [-0.3, -0.25) is 9.59 Å². The van der Waals surface area contributed by atoms with E-state index in [1.165, 1.54) is 24.6 Å². The van der Waals surface area contributed by atoms with E-state index in [0.717, 1.165) is 24.5 Å². The van der Waals surface area contributed by atoms with Gasteiger partial charge in [-0.25, -0.2) is 8.78 Å². The minimum absolute atomic E-state index is 0.0329. The predicted molar refractivity (Wildman–Crippen MR) is 145 cm³/mol. The second-order valence-corrected chi connectivity index (χ2v) is 11.5. The lowest BCUT2D eigenvalue weighted by atomic mass is 9.81. The smallest absolute Gasteiger partial charge is 0.219 e. The quantitative estimate of drug-likeness (QED) is 0.454. The summed E-state index contributed by atoms with van der Waals surface area (Å²) >= 11 is 0. The Balaban J connectivity index is 1.81. The van der Waals surface area contributed by atoms with Crippen molar-refractivity contribution in [1.29, 1.82) is 0 Å². The molecule has 0 spiro atoms. The van der Waals surface area contributed by atoms with Crippen LogP contribution in [0.2, 0.25) is 0 Å². The minimum Gasteiger partial charge on any atom is -0.390 e. The topological polar surface area (TPSA) is 81.7 Å². The van der Waals surface area contributed by atoms with Crippen molar-refractivity contribution in [3.05, 3.63) is 70.8 Å². The van der Waals surface area contributed by atoms with E-state index in [2.05, 4.69) is 49.6 Å². The third-order valence-corrected chi connectivity index (χ3v) is 7.35. The highest BCUT2D eigenvalue weighted by Gasteiger charge is 2.31. The van der Waals surface area contributed by atoms with Crippen LogP contribution >= 0.6 is 0 Å². The first-order valence-corrected chi connectivity index (χ1v) is 13.3. The summed E-state index contributed by atoms with van der Waals surface area (Å²) in [6.45, 7) is 11.0. The molecule has 1 aliphatic heterocycles. The Hall–Kier alpha value is -2.84. The van der Waals surface area contributed by atoms with Crippen LogP contribution in [0.25, 0.3) is 0 Å². The molecule has 2 amide bonds. The fourth-order valence-corrected chi connectivity index (χ4v) is 5.22. The standard InChI is InChI=1S/C30H41F2N3O3/c1-19(36)34-27(15-21-13-25(31)17-26(32)14-21)28(38)18-33-29(22-9-11-35(12-10-22)20(2)37)23-7-6-8-24(16-23)30(3,4)5/h6-8,13-14,16-17,22,27-29,33,38H,9-12,15,18H2,1-5H3,(H,34,36). The summed E-state index contributed by atoms with van der Waals surface area (Å²) in [6, 6.07) is 10.8. The highest BCUT2D eigenvalue weighted by molar-refractivity contribution is 5.73. The van der Waals surface area contributed by atoms with Crippen molar-refractivity contribution in [2.24, 2.45) is 5.92 Å². The van der Waals surface area contributed by atoms with Gasteiger partial charge in [0.1, 0.15) is 11.6 Å². The second kappa shape index (κ2) is 12.8. The van der Waals surface area contributed by atoms with Crippen molar-refractivity contribution in [2.45, 2.75) is 77.5 Å². The van der Waals surface area contributed by atoms with E-state index < -0.39 is 23.8 Å². The molecular formula is C30H41F2N3O3. The Morgan fingerprint density at radius 2 is 1.68 bits per heavy atom. The molecule has 0 radical (unpaired) electrons. The molecule has 6 nitrogen and oxygen atoms in total. The van der Waals surface area contributed by atoms with Crippen LogP contribution in [0.5, 0.6) is 0 Å². The van der Waals surface area contributed by atoms with Gasteiger partial charge in [0.2, 0.25) is 11.8 Å². The molecule has 1 aliphatic rings. The number of nitrogens with one attached hydrogen (secondary N) is 2. The largest absolute Gasteiger partial charge is 0.390 e. The summed E-state index contributed by atoms with van der Waals surface area (Å²) < 4.78 is 27.5. The third kappa shape index (κ3) is 8.33. The zero-order valence-corrected chi connectivity index (χ0v) is 23.1. The van der Waals surface area contributed by atoms with Crippen LogP contribution in [0.1, 0.15) is 70.2 Å². The molecule has 1 fully saturated rings. The van der Waals surface area contributed by atoms with Gasteiger partial charge in [-0.1, -0.05) is 45.0 Å². The molecule has 1 heterocycles. The van der Waals surface area contributed by atoms with Crippen molar-refractivity contribution in [3.63, 3.8) is 0 Å². The second-order valence-electron chi connectivity index (χ2n) is 11.5. The van der Waals surface area contributed by atoms with E-state index in [1.54, 1.807) is 6.92 Å². The molecule has 3 unspecified atom stereocenters. The summed E-state index contributed by atoms with van der Waals surface area (Å²) in [5.41, 5.74) is 2.63. The van der Waals surface area contributed by atoms with Gasteiger partial charge < -0.3 is 20.6 Å². The van der Waals surface area contributed by atoms with Crippen LogP contribution < -0.4 is 10.6 Å². The molecule has 0 aromatic heterocycles. The number of amides is 2. The van der Waals surface area contributed by atoms with Gasteiger partial charge in [0.25, 0.3) is 0 Å². The monoisotopic (exact) mass is 529 g/mol. The average Bonchev–Trinajstić information content (AvgIpc) is 2.82. The van der Waals surface area contributed by atoms with E-state index in [-0.39, 0.29) is 42.2 Å². The van der Waals surface area contributed by atoms with Gasteiger partial charge in [0, 0.05) is 45.6 Å². The fourth-order valence-electron chi connectivity index (χ4n) is 5.22. The Bertz CT molecular complexity index is 1090. The molecule has 2 aromatic carbocycles. The summed E-state index contributed by atoms with van der Waals surface area (Å²) in [4.78, 5) is 25.6. The predicted octanol–water partition coefficient (Wildman–Crippen LogP) is 4.26. The van der Waals surface area contributed by atoms with E-state index in [9.17, 15) is 23.5 Å². The highest BCUT2D eigenvalue weighted by Crippen LogP contribution is 2.33. The molecule has 0 bridgehead atoms. The zero-order chi connectivity index (χ0) is 28.0. The number of aliphatic hydroxyl groups excluding tert-OH is 1. The van der Waals surface area contributed by atoms with E-state index >= 15 is 0 Å². The molecular weight excluding hydrogens is 488 g/mol. The number of carbonyl (C=O) groups is 2. The molecule has 208 valence electrons. The van der Waals surface area contributed by atoms with Crippen LogP contribution in [-0.4, -0.2) is 53.6 Å². The number of hydrogen-bond donors (Lipinski definition) is 3.